The van der Waals surface area contributed by atoms with Crippen LogP contribution >= 0.6 is 0 Å². The van der Waals surface area contributed by atoms with Gasteiger partial charge in [-0.3, -0.25) is 0 Å². The molecule has 2 radical (unpaired) electrons. The van der Waals surface area contributed by atoms with E-state index in [0.29, 0.717) is 20.6 Å². The zero-order valence-corrected chi connectivity index (χ0v) is 10.2. The highest BCUT2D eigenvalue weighted by Gasteiger charge is 2.23. The van der Waals surface area contributed by atoms with E-state index < -0.39 is 0 Å². The number of nitrogens with two attached hydrogens (primary N) is 1. The standard InChI is InChI=1S/C12H19NSi/c1-12(2,3)11(14-13)9-10-7-5-4-6-8-10/h4-8,11H,9,13H2,1-3H3. The normalized spacial score (nSPS) is 14.0. The van der Waals surface area contributed by atoms with Crippen LogP contribution in [0.3, 0.4) is 0 Å². The fourth-order valence-electron chi connectivity index (χ4n) is 1.46. The minimum atomic E-state index is 0.309. The summed E-state index contributed by atoms with van der Waals surface area (Å²) in [5, 5.41) is 5.83. The molecule has 0 aromatic heterocycles. The lowest BCUT2D eigenvalue weighted by Crippen LogP contribution is -2.27. The van der Waals surface area contributed by atoms with Gasteiger partial charge in [0.05, 0.1) is 0 Å². The Bertz CT molecular complexity index is 263. The molecule has 2 heteroatoms. The van der Waals surface area contributed by atoms with Crippen LogP contribution in [0.5, 0.6) is 0 Å². The van der Waals surface area contributed by atoms with Gasteiger partial charge in [-0.15, -0.1) is 0 Å². The van der Waals surface area contributed by atoms with Crippen molar-refractivity contribution in [2.75, 3.05) is 0 Å². The highest BCUT2D eigenvalue weighted by atomic mass is 28.2. The monoisotopic (exact) mass is 205 g/mol. The molecule has 0 aliphatic carbocycles. The van der Waals surface area contributed by atoms with Crippen LogP contribution in [0.15, 0.2) is 30.3 Å². The molecule has 0 aliphatic rings. The first kappa shape index (κ1) is 11.5. The topological polar surface area (TPSA) is 26.0 Å². The first-order valence-corrected chi connectivity index (χ1v) is 6.19. The SMILES string of the molecule is CC(C)(C)C(Cc1ccccc1)[Si]N. The quantitative estimate of drug-likeness (QED) is 0.754. The van der Waals surface area contributed by atoms with E-state index in [-0.39, 0.29) is 0 Å². The summed E-state index contributed by atoms with van der Waals surface area (Å²) in [5.41, 5.74) is 2.29. The van der Waals surface area contributed by atoms with Gasteiger partial charge in [-0.1, -0.05) is 51.1 Å². The third-order valence-corrected chi connectivity index (χ3v) is 4.00. The van der Waals surface area contributed by atoms with Crippen LogP contribution in [-0.2, 0) is 6.42 Å². The Labute approximate surface area is 89.6 Å². The molecule has 0 heterocycles. The highest BCUT2D eigenvalue weighted by molar-refractivity contribution is 6.33. The van der Waals surface area contributed by atoms with Crippen LogP contribution in [0.2, 0.25) is 5.54 Å². The number of rotatable bonds is 3. The average molecular weight is 205 g/mol. The second-order valence-electron chi connectivity index (χ2n) is 4.78. The molecular weight excluding hydrogens is 186 g/mol. The molecule has 2 N–H and O–H groups in total. The highest BCUT2D eigenvalue weighted by Crippen LogP contribution is 2.32. The first-order chi connectivity index (χ1) is 6.54. The predicted molar refractivity (Wildman–Crippen MR) is 63.3 cm³/mol. The van der Waals surface area contributed by atoms with Crippen molar-refractivity contribution in [2.45, 2.75) is 32.7 Å². The molecular formula is C12H19NSi. The Hall–Kier alpha value is -0.603. The van der Waals surface area contributed by atoms with Crippen molar-refractivity contribution in [2.24, 2.45) is 10.8 Å². The minimum Gasteiger partial charge on any atom is -0.353 e. The zero-order valence-electron chi connectivity index (χ0n) is 9.25. The molecule has 76 valence electrons. The third-order valence-electron chi connectivity index (χ3n) is 2.53. The first-order valence-electron chi connectivity index (χ1n) is 5.04. The van der Waals surface area contributed by atoms with Crippen LogP contribution in [0.1, 0.15) is 26.3 Å². The van der Waals surface area contributed by atoms with Crippen LogP contribution in [0.4, 0.5) is 0 Å². The van der Waals surface area contributed by atoms with E-state index in [9.17, 15) is 0 Å². The van der Waals surface area contributed by atoms with Crippen LogP contribution in [0, 0.1) is 5.41 Å². The van der Waals surface area contributed by atoms with E-state index >= 15 is 0 Å². The Morgan fingerprint density at radius 1 is 1.21 bits per heavy atom. The molecule has 0 saturated heterocycles. The van der Waals surface area contributed by atoms with Gasteiger partial charge in [0.1, 0.15) is 9.68 Å². The fourth-order valence-corrected chi connectivity index (χ4v) is 2.32. The largest absolute Gasteiger partial charge is 0.353 e. The molecule has 0 aliphatic heterocycles. The van der Waals surface area contributed by atoms with Crippen molar-refractivity contribution in [3.05, 3.63) is 35.9 Å². The average Bonchev–Trinajstić information content (AvgIpc) is 2.14. The Morgan fingerprint density at radius 3 is 2.21 bits per heavy atom. The van der Waals surface area contributed by atoms with E-state index in [1.54, 1.807) is 0 Å². The molecule has 1 aromatic carbocycles. The van der Waals surface area contributed by atoms with E-state index in [1.165, 1.54) is 5.56 Å². The number of benzene rings is 1. The van der Waals surface area contributed by atoms with Gasteiger partial charge in [-0.2, -0.15) is 0 Å². The van der Waals surface area contributed by atoms with Crippen molar-refractivity contribution >= 4 is 9.68 Å². The lowest BCUT2D eigenvalue weighted by Gasteiger charge is -2.28. The van der Waals surface area contributed by atoms with Crippen molar-refractivity contribution in [1.29, 1.82) is 0 Å². The smallest absolute Gasteiger partial charge is 0.140 e. The Balaban J connectivity index is 2.67. The lowest BCUT2D eigenvalue weighted by molar-refractivity contribution is 0.375. The van der Waals surface area contributed by atoms with Gasteiger partial charge >= 0.3 is 0 Å². The summed E-state index contributed by atoms with van der Waals surface area (Å²) >= 11 is 0. The van der Waals surface area contributed by atoms with Crippen molar-refractivity contribution < 1.29 is 0 Å². The van der Waals surface area contributed by atoms with E-state index in [1.807, 2.05) is 0 Å². The zero-order chi connectivity index (χ0) is 10.6. The maximum atomic E-state index is 5.83. The molecule has 1 unspecified atom stereocenters. The van der Waals surface area contributed by atoms with E-state index in [2.05, 4.69) is 51.1 Å². The molecule has 1 atom stereocenters. The fraction of sp³-hybridized carbons (Fsp3) is 0.500. The molecule has 1 aromatic rings. The summed E-state index contributed by atoms with van der Waals surface area (Å²) in [5.74, 6) is 0. The second-order valence-corrected chi connectivity index (χ2v) is 5.81. The molecule has 0 fully saturated rings. The third kappa shape index (κ3) is 3.27. The van der Waals surface area contributed by atoms with E-state index in [0.717, 1.165) is 6.42 Å². The molecule has 1 nitrogen and oxygen atoms in total. The minimum absolute atomic E-state index is 0.309. The Morgan fingerprint density at radius 2 is 1.79 bits per heavy atom. The van der Waals surface area contributed by atoms with Gasteiger partial charge in [0.25, 0.3) is 0 Å². The lowest BCUT2D eigenvalue weighted by atomic mass is 9.88. The van der Waals surface area contributed by atoms with Crippen LogP contribution in [-0.4, -0.2) is 9.68 Å². The summed E-state index contributed by atoms with van der Waals surface area (Å²) in [6, 6.07) is 10.6. The molecule has 1 rings (SSSR count). The summed E-state index contributed by atoms with van der Waals surface area (Å²) in [4.78, 5) is 0. The van der Waals surface area contributed by atoms with E-state index in [4.69, 9.17) is 5.40 Å². The van der Waals surface area contributed by atoms with Crippen molar-refractivity contribution in [3.8, 4) is 0 Å². The van der Waals surface area contributed by atoms with Crippen LogP contribution < -0.4 is 5.40 Å². The number of hydrogen-bond donors (Lipinski definition) is 1. The summed E-state index contributed by atoms with van der Waals surface area (Å²) in [7, 11) is 0.526. The predicted octanol–water partition coefficient (Wildman–Crippen LogP) is 2.64. The molecule has 0 saturated carbocycles. The maximum absolute atomic E-state index is 5.83. The van der Waals surface area contributed by atoms with Crippen molar-refractivity contribution in [1.82, 2.24) is 0 Å². The molecule has 0 amide bonds. The van der Waals surface area contributed by atoms with Gasteiger partial charge < -0.3 is 5.40 Å². The Kier molecular flexibility index (Phi) is 3.90. The van der Waals surface area contributed by atoms with Gasteiger partial charge in [-0.25, -0.2) is 0 Å². The second kappa shape index (κ2) is 4.76. The van der Waals surface area contributed by atoms with Crippen molar-refractivity contribution in [3.63, 3.8) is 0 Å². The van der Waals surface area contributed by atoms with Gasteiger partial charge in [0.15, 0.2) is 0 Å². The molecule has 14 heavy (non-hydrogen) atoms. The molecule has 0 bridgehead atoms. The van der Waals surface area contributed by atoms with Crippen LogP contribution in [0.25, 0.3) is 0 Å². The maximum Gasteiger partial charge on any atom is 0.140 e. The summed E-state index contributed by atoms with van der Waals surface area (Å²) in [6.45, 7) is 6.79. The summed E-state index contributed by atoms with van der Waals surface area (Å²) in [6.07, 6.45) is 1.10. The summed E-state index contributed by atoms with van der Waals surface area (Å²) < 4.78 is 0. The number of hydrogen-bond acceptors (Lipinski definition) is 1. The van der Waals surface area contributed by atoms with Gasteiger partial charge in [0.2, 0.25) is 0 Å². The molecule has 0 spiro atoms. The van der Waals surface area contributed by atoms with Gasteiger partial charge in [0, 0.05) is 0 Å². The van der Waals surface area contributed by atoms with Gasteiger partial charge in [-0.05, 0) is 22.9 Å².